The average Bonchev–Trinajstić information content (AvgIpc) is 2.89. The summed E-state index contributed by atoms with van der Waals surface area (Å²) >= 11 is 19.5. The lowest BCUT2D eigenvalue weighted by Crippen LogP contribution is -2.06. The molecule has 3 aromatic carbocycles. The molecule has 1 aliphatic carbocycles. The van der Waals surface area contributed by atoms with Gasteiger partial charge in [0.2, 0.25) is 5.43 Å². The third kappa shape index (κ3) is 4.19. The number of hydrogen-bond donors (Lipinski definition) is 1. The number of phenols is 1. The Morgan fingerprint density at radius 1 is 0.946 bits per heavy atom. The normalized spacial score (nSPS) is 11.2. The van der Waals surface area contributed by atoms with Gasteiger partial charge in [-0.05, 0) is 23.8 Å². The first-order valence-electron chi connectivity index (χ1n) is 11.2. The van der Waals surface area contributed by atoms with Gasteiger partial charge in [-0.25, -0.2) is 0 Å². The molecule has 0 unspecified atom stereocenters. The highest BCUT2D eigenvalue weighted by molar-refractivity contribution is 6.41. The van der Waals surface area contributed by atoms with E-state index in [1.807, 2.05) is 30.3 Å². The van der Waals surface area contributed by atoms with E-state index >= 15 is 0 Å². The summed E-state index contributed by atoms with van der Waals surface area (Å²) in [5, 5.41) is 11.3. The van der Waals surface area contributed by atoms with Crippen LogP contribution in [0, 0.1) is 0 Å². The number of halogens is 3. The van der Waals surface area contributed by atoms with Gasteiger partial charge in [0.15, 0.2) is 12.1 Å². The van der Waals surface area contributed by atoms with Crippen LogP contribution < -0.4 is 5.43 Å². The zero-order valence-corrected chi connectivity index (χ0v) is 21.5. The van der Waals surface area contributed by atoms with Crippen molar-refractivity contribution < 1.29 is 19.1 Å². The number of aromatic hydroxyl groups is 1. The minimum absolute atomic E-state index is 0.0313. The monoisotopic (exact) mass is 550 g/mol. The highest BCUT2D eigenvalue weighted by Crippen LogP contribution is 2.48. The highest BCUT2D eigenvalue weighted by atomic mass is 35.5. The van der Waals surface area contributed by atoms with Gasteiger partial charge in [-0.1, -0.05) is 72.1 Å². The Bertz CT molecular complexity index is 1760. The molecule has 37 heavy (non-hydrogen) atoms. The molecule has 5 rings (SSSR count). The number of aldehydes is 1. The first-order valence-corrected chi connectivity index (χ1v) is 12.4. The lowest BCUT2D eigenvalue weighted by Gasteiger charge is -2.20. The Labute approximate surface area is 226 Å². The van der Waals surface area contributed by atoms with Crippen molar-refractivity contribution in [3.05, 3.63) is 97.1 Å². The van der Waals surface area contributed by atoms with Crippen LogP contribution in [-0.4, -0.2) is 17.2 Å². The molecular formula is C29H17Cl3O5. The smallest absolute Gasteiger partial charge is 0.200 e. The lowest BCUT2D eigenvalue weighted by atomic mass is 9.88. The molecule has 3 aromatic rings. The number of Topliss-reactive ketones (excluding diaryl/α,β-unsaturated/α-hetero) is 1. The van der Waals surface area contributed by atoms with Gasteiger partial charge < -0.3 is 9.52 Å². The van der Waals surface area contributed by atoms with Crippen LogP contribution in [0.4, 0.5) is 0 Å². The summed E-state index contributed by atoms with van der Waals surface area (Å²) in [5.74, 6) is -0.166. The van der Waals surface area contributed by atoms with Gasteiger partial charge in [0.1, 0.15) is 17.1 Å². The van der Waals surface area contributed by atoms with Crippen molar-refractivity contribution >= 4 is 57.8 Å². The maximum Gasteiger partial charge on any atom is 0.200 e. The summed E-state index contributed by atoms with van der Waals surface area (Å²) < 4.78 is 6.01. The molecule has 184 valence electrons. The summed E-state index contributed by atoms with van der Waals surface area (Å²) in [6.45, 7) is 1.69. The SMILES string of the molecule is CCC(=O)c1cc(Cl)c(C=O)c(-c2c3cc(Cl)c(=O)cc-3oc3cc(O)c(-c4ccccc4)cc23)c1Cl. The van der Waals surface area contributed by atoms with Crippen LogP contribution >= 0.6 is 34.8 Å². The van der Waals surface area contributed by atoms with E-state index in [-0.39, 0.29) is 61.1 Å². The van der Waals surface area contributed by atoms with Crippen LogP contribution in [0.3, 0.4) is 0 Å². The molecule has 0 fully saturated rings. The average molecular weight is 552 g/mol. The fraction of sp³-hybridized carbons (Fsp3) is 0.0690. The predicted octanol–water partition coefficient (Wildman–Crippen LogP) is 8.30. The van der Waals surface area contributed by atoms with E-state index in [0.29, 0.717) is 28.4 Å². The third-order valence-corrected chi connectivity index (χ3v) is 7.22. The molecule has 0 radical (unpaired) electrons. The molecular weight excluding hydrogens is 535 g/mol. The van der Waals surface area contributed by atoms with Gasteiger partial charge >= 0.3 is 0 Å². The molecule has 0 saturated carbocycles. The van der Waals surface area contributed by atoms with Crippen molar-refractivity contribution in [3.63, 3.8) is 0 Å². The Morgan fingerprint density at radius 2 is 1.68 bits per heavy atom. The van der Waals surface area contributed by atoms with Gasteiger partial charge in [-0.2, -0.15) is 0 Å². The molecule has 0 saturated heterocycles. The number of benzene rings is 4. The van der Waals surface area contributed by atoms with Crippen molar-refractivity contribution in [1.29, 1.82) is 0 Å². The quantitative estimate of drug-likeness (QED) is 0.135. The fourth-order valence-corrected chi connectivity index (χ4v) is 5.21. The molecule has 0 atom stereocenters. The van der Waals surface area contributed by atoms with Crippen molar-refractivity contribution in [2.75, 3.05) is 0 Å². The van der Waals surface area contributed by atoms with Crippen LogP contribution in [0.2, 0.25) is 15.1 Å². The van der Waals surface area contributed by atoms with Gasteiger partial charge in [0.05, 0.1) is 15.1 Å². The zero-order valence-electron chi connectivity index (χ0n) is 19.3. The summed E-state index contributed by atoms with van der Waals surface area (Å²) in [7, 11) is 0. The summed E-state index contributed by atoms with van der Waals surface area (Å²) in [4.78, 5) is 37.4. The van der Waals surface area contributed by atoms with Crippen LogP contribution in [-0.2, 0) is 0 Å². The molecule has 0 amide bonds. The molecule has 1 aliphatic heterocycles. The maximum absolute atomic E-state index is 12.7. The van der Waals surface area contributed by atoms with Crippen molar-refractivity contribution in [1.82, 2.24) is 0 Å². The number of ketones is 1. The summed E-state index contributed by atoms with van der Waals surface area (Å²) in [5.41, 5.74) is 2.16. The Kier molecular flexibility index (Phi) is 6.54. The van der Waals surface area contributed by atoms with Crippen LogP contribution in [0.15, 0.2) is 69.9 Å². The Balaban J connectivity index is 2.03. The Morgan fingerprint density at radius 3 is 2.35 bits per heavy atom. The first-order chi connectivity index (χ1) is 17.7. The number of carbonyl (C=O) groups is 2. The molecule has 1 N–H and O–H groups in total. The molecule has 0 bridgehead atoms. The number of phenolic OH excluding ortho intramolecular Hbond substituents is 1. The predicted molar refractivity (Wildman–Crippen MR) is 147 cm³/mol. The van der Waals surface area contributed by atoms with Crippen LogP contribution in [0.25, 0.3) is 44.5 Å². The second-order valence-electron chi connectivity index (χ2n) is 8.39. The lowest BCUT2D eigenvalue weighted by molar-refractivity contribution is 0.0987. The number of rotatable bonds is 5. The van der Waals surface area contributed by atoms with Gasteiger partial charge in [-0.3, -0.25) is 14.4 Å². The zero-order chi connectivity index (χ0) is 26.4. The van der Waals surface area contributed by atoms with Gasteiger partial charge in [0, 0.05) is 57.3 Å². The van der Waals surface area contributed by atoms with Crippen molar-refractivity contribution in [2.24, 2.45) is 0 Å². The summed E-state index contributed by atoms with van der Waals surface area (Å²) in [6, 6.07) is 16.3. The topological polar surface area (TPSA) is 84.6 Å². The standard InChI is InChI=1S/C29H17Cl3O5/c1-2-22(34)16-9-20(30)19(13-33)28(29(16)32)27-17-8-15(14-6-4-3-5-7-14)23(35)11-25(17)37-26-12-24(36)21(31)10-18(26)27/h3-13,35H,2H2,1H3. The van der Waals surface area contributed by atoms with Crippen LogP contribution in [0.5, 0.6) is 5.75 Å². The molecule has 8 heteroatoms. The minimum Gasteiger partial charge on any atom is -0.507 e. The van der Waals surface area contributed by atoms with E-state index in [1.54, 1.807) is 13.0 Å². The van der Waals surface area contributed by atoms with Crippen LogP contribution in [0.1, 0.15) is 34.1 Å². The number of hydrogen-bond acceptors (Lipinski definition) is 5. The molecule has 1 heterocycles. The minimum atomic E-state index is -0.469. The van der Waals surface area contributed by atoms with E-state index in [4.69, 9.17) is 39.2 Å². The number of fused-ring (bicyclic) bond motifs is 2. The Hall–Kier alpha value is -3.64. The largest absolute Gasteiger partial charge is 0.507 e. The van der Waals surface area contributed by atoms with Crippen molar-refractivity contribution in [2.45, 2.75) is 13.3 Å². The van der Waals surface area contributed by atoms with Gasteiger partial charge in [0.25, 0.3) is 0 Å². The van der Waals surface area contributed by atoms with Crippen molar-refractivity contribution in [3.8, 4) is 39.3 Å². The molecule has 2 aliphatic rings. The van der Waals surface area contributed by atoms with E-state index in [2.05, 4.69) is 0 Å². The second kappa shape index (κ2) is 9.67. The number of carbonyl (C=O) groups excluding carboxylic acids is 2. The highest BCUT2D eigenvalue weighted by Gasteiger charge is 2.27. The third-order valence-electron chi connectivity index (χ3n) is 6.22. The maximum atomic E-state index is 12.7. The second-order valence-corrected chi connectivity index (χ2v) is 9.58. The van der Waals surface area contributed by atoms with E-state index in [9.17, 15) is 19.5 Å². The fourth-order valence-electron chi connectivity index (χ4n) is 4.44. The molecule has 5 nitrogen and oxygen atoms in total. The molecule has 0 aromatic heterocycles. The molecule has 0 spiro atoms. The van der Waals surface area contributed by atoms with E-state index in [0.717, 1.165) is 5.56 Å². The van der Waals surface area contributed by atoms with E-state index < -0.39 is 5.43 Å². The van der Waals surface area contributed by atoms with Gasteiger partial charge in [-0.15, -0.1) is 0 Å². The summed E-state index contributed by atoms with van der Waals surface area (Å²) in [6.07, 6.45) is 0.729. The first kappa shape index (κ1) is 25.0. The van der Waals surface area contributed by atoms with E-state index in [1.165, 1.54) is 24.3 Å².